The Kier molecular flexibility index (Phi) is 6.26. The number of carbonyl (C=O) groups is 1. The fourth-order valence-corrected chi connectivity index (χ4v) is 2.62. The molecule has 7 heteroatoms. The van der Waals surface area contributed by atoms with Gasteiger partial charge in [-0.05, 0) is 36.8 Å². The van der Waals surface area contributed by atoms with Gasteiger partial charge in [0.05, 0.1) is 12.1 Å². The lowest BCUT2D eigenvalue weighted by Gasteiger charge is -2.19. The van der Waals surface area contributed by atoms with Crippen LogP contribution in [0.5, 0.6) is 11.5 Å². The van der Waals surface area contributed by atoms with E-state index in [0.29, 0.717) is 36.2 Å². The number of carbonyl (C=O) groups excluding carboxylic acids is 1. The molecule has 3 rings (SSSR count). The van der Waals surface area contributed by atoms with E-state index in [1.165, 1.54) is 0 Å². The van der Waals surface area contributed by atoms with Crippen LogP contribution in [0.4, 0.5) is 0 Å². The van der Waals surface area contributed by atoms with Gasteiger partial charge < -0.3 is 18.9 Å². The number of nitrogens with zero attached hydrogens (tertiary/aromatic N) is 3. The number of hydrogen-bond donors (Lipinski definition) is 0. The summed E-state index contributed by atoms with van der Waals surface area (Å²) in [7, 11) is 1.74. The Morgan fingerprint density at radius 3 is 2.68 bits per heavy atom. The molecule has 0 N–H and O–H groups in total. The van der Waals surface area contributed by atoms with Crippen LogP contribution in [0.2, 0.25) is 0 Å². The van der Waals surface area contributed by atoms with Crippen LogP contribution >= 0.6 is 0 Å². The summed E-state index contributed by atoms with van der Waals surface area (Å²) in [5, 5.41) is 3.79. The summed E-state index contributed by atoms with van der Waals surface area (Å²) < 4.78 is 16.4. The Hall–Kier alpha value is -3.35. The molecule has 3 aromatic rings. The smallest absolute Gasteiger partial charge is 0.257 e. The highest BCUT2D eigenvalue weighted by atomic mass is 16.5. The fourth-order valence-electron chi connectivity index (χ4n) is 2.62. The van der Waals surface area contributed by atoms with Gasteiger partial charge >= 0.3 is 0 Å². The molecule has 1 amide bonds. The van der Waals surface area contributed by atoms with E-state index < -0.39 is 0 Å². The summed E-state index contributed by atoms with van der Waals surface area (Å²) in [6.45, 7) is 4.70. The zero-order valence-electron chi connectivity index (χ0n) is 16.2. The summed E-state index contributed by atoms with van der Waals surface area (Å²) in [4.78, 5) is 18.5. The van der Waals surface area contributed by atoms with Crippen molar-refractivity contribution in [3.05, 3.63) is 71.4 Å². The zero-order chi connectivity index (χ0) is 19.9. The second-order valence-corrected chi connectivity index (χ2v) is 6.41. The van der Waals surface area contributed by atoms with E-state index in [9.17, 15) is 4.79 Å². The van der Waals surface area contributed by atoms with Gasteiger partial charge in [0.25, 0.3) is 5.91 Å². The number of aryl methyl sites for hydroxylation is 2. The van der Waals surface area contributed by atoms with E-state index in [1.54, 1.807) is 37.1 Å². The average Bonchev–Trinajstić information content (AvgIpc) is 3.11. The maximum atomic E-state index is 12.8. The van der Waals surface area contributed by atoms with Crippen molar-refractivity contribution in [1.29, 1.82) is 0 Å². The molecule has 0 aliphatic rings. The third-order valence-corrected chi connectivity index (χ3v) is 4.08. The van der Waals surface area contributed by atoms with Crippen LogP contribution in [0.25, 0.3) is 0 Å². The highest BCUT2D eigenvalue weighted by Gasteiger charge is 2.17. The SMILES string of the molecule is Cc1cccc(OCCN(C)C(=O)c2ccccc2OCc2noc(C)n2)c1. The molecule has 0 saturated heterocycles. The van der Waals surface area contributed by atoms with Crippen molar-refractivity contribution in [3.63, 3.8) is 0 Å². The molecule has 0 aliphatic heterocycles. The first-order valence-electron chi connectivity index (χ1n) is 8.99. The third kappa shape index (κ3) is 5.09. The predicted octanol–water partition coefficient (Wildman–Crippen LogP) is 3.42. The van der Waals surface area contributed by atoms with E-state index in [1.807, 2.05) is 37.3 Å². The monoisotopic (exact) mass is 381 g/mol. The Morgan fingerprint density at radius 1 is 1.11 bits per heavy atom. The van der Waals surface area contributed by atoms with Gasteiger partial charge in [0.2, 0.25) is 11.7 Å². The predicted molar refractivity (Wildman–Crippen MR) is 103 cm³/mol. The molecule has 0 atom stereocenters. The second-order valence-electron chi connectivity index (χ2n) is 6.41. The van der Waals surface area contributed by atoms with Gasteiger partial charge in [-0.3, -0.25) is 4.79 Å². The first-order valence-corrected chi connectivity index (χ1v) is 8.99. The Bertz CT molecular complexity index is 939. The van der Waals surface area contributed by atoms with E-state index in [-0.39, 0.29) is 12.5 Å². The molecule has 0 radical (unpaired) electrons. The number of amides is 1. The molecule has 1 aromatic heterocycles. The Morgan fingerprint density at radius 2 is 1.93 bits per heavy atom. The highest BCUT2D eigenvalue weighted by molar-refractivity contribution is 5.96. The van der Waals surface area contributed by atoms with Crippen LogP contribution in [0.3, 0.4) is 0 Å². The van der Waals surface area contributed by atoms with Crippen LogP contribution in [0.15, 0.2) is 53.1 Å². The largest absolute Gasteiger partial charge is 0.492 e. The topological polar surface area (TPSA) is 77.7 Å². The van der Waals surface area contributed by atoms with Crippen molar-refractivity contribution in [3.8, 4) is 11.5 Å². The zero-order valence-corrected chi connectivity index (χ0v) is 16.2. The van der Waals surface area contributed by atoms with Crippen LogP contribution in [-0.4, -0.2) is 41.1 Å². The minimum atomic E-state index is -0.146. The molecule has 0 fully saturated rings. The molecule has 28 heavy (non-hydrogen) atoms. The van der Waals surface area contributed by atoms with Gasteiger partial charge in [0.1, 0.15) is 18.1 Å². The van der Waals surface area contributed by atoms with Crippen LogP contribution < -0.4 is 9.47 Å². The number of rotatable bonds is 8. The maximum absolute atomic E-state index is 12.8. The van der Waals surface area contributed by atoms with Crippen molar-refractivity contribution in [2.24, 2.45) is 0 Å². The standard InChI is InChI=1S/C21H23N3O4/c1-15-7-6-8-17(13-15)26-12-11-24(3)21(25)18-9-4-5-10-19(18)27-14-20-22-16(2)28-23-20/h4-10,13H,11-12,14H2,1-3H3. The summed E-state index contributed by atoms with van der Waals surface area (Å²) in [5.74, 6) is 2.02. The molecule has 7 nitrogen and oxygen atoms in total. The fraction of sp³-hybridized carbons (Fsp3) is 0.286. The molecule has 1 heterocycles. The minimum absolute atomic E-state index is 0.127. The first-order chi connectivity index (χ1) is 13.5. The van der Waals surface area contributed by atoms with Gasteiger partial charge in [0.15, 0.2) is 6.61 Å². The number of benzene rings is 2. The van der Waals surface area contributed by atoms with Crippen LogP contribution in [0, 0.1) is 13.8 Å². The van der Waals surface area contributed by atoms with Gasteiger partial charge in [-0.25, -0.2) is 0 Å². The van der Waals surface area contributed by atoms with Gasteiger partial charge in [-0.1, -0.05) is 29.4 Å². The van der Waals surface area contributed by atoms with Crippen molar-refractivity contribution in [2.45, 2.75) is 20.5 Å². The van der Waals surface area contributed by atoms with Crippen molar-refractivity contribution < 1.29 is 18.8 Å². The normalized spacial score (nSPS) is 10.5. The Labute approximate surface area is 163 Å². The molecule has 0 bridgehead atoms. The van der Waals surface area contributed by atoms with E-state index in [4.69, 9.17) is 14.0 Å². The average molecular weight is 381 g/mol. The molecule has 0 unspecified atom stereocenters. The molecule has 0 aliphatic carbocycles. The number of ether oxygens (including phenoxy) is 2. The molecule has 146 valence electrons. The van der Waals surface area contributed by atoms with Crippen molar-refractivity contribution in [1.82, 2.24) is 15.0 Å². The molecular weight excluding hydrogens is 358 g/mol. The summed E-state index contributed by atoms with van der Waals surface area (Å²) in [6, 6.07) is 14.9. The lowest BCUT2D eigenvalue weighted by atomic mass is 10.2. The van der Waals surface area contributed by atoms with Gasteiger partial charge in [0, 0.05) is 14.0 Å². The molecule has 0 saturated carbocycles. The number of aromatic nitrogens is 2. The van der Waals surface area contributed by atoms with E-state index in [2.05, 4.69) is 10.1 Å². The first kappa shape index (κ1) is 19.4. The number of likely N-dealkylation sites (N-methyl/N-ethyl adjacent to an activating group) is 1. The summed E-state index contributed by atoms with van der Waals surface area (Å²) in [5.41, 5.74) is 1.60. The van der Waals surface area contributed by atoms with Gasteiger partial charge in [-0.15, -0.1) is 0 Å². The number of para-hydroxylation sites is 1. The second kappa shape index (κ2) is 9.03. The molecular formula is C21H23N3O4. The van der Waals surface area contributed by atoms with E-state index in [0.717, 1.165) is 11.3 Å². The van der Waals surface area contributed by atoms with Crippen LogP contribution in [0.1, 0.15) is 27.6 Å². The quantitative estimate of drug-likeness (QED) is 0.595. The minimum Gasteiger partial charge on any atom is -0.492 e. The summed E-state index contributed by atoms with van der Waals surface area (Å²) >= 11 is 0. The lowest BCUT2D eigenvalue weighted by Crippen LogP contribution is -2.31. The third-order valence-electron chi connectivity index (χ3n) is 4.08. The van der Waals surface area contributed by atoms with Crippen molar-refractivity contribution in [2.75, 3.05) is 20.2 Å². The lowest BCUT2D eigenvalue weighted by molar-refractivity contribution is 0.0768. The van der Waals surface area contributed by atoms with Crippen LogP contribution in [-0.2, 0) is 6.61 Å². The van der Waals surface area contributed by atoms with Gasteiger partial charge in [-0.2, -0.15) is 4.98 Å². The summed E-state index contributed by atoms with van der Waals surface area (Å²) in [6.07, 6.45) is 0. The highest BCUT2D eigenvalue weighted by Crippen LogP contribution is 2.20. The maximum Gasteiger partial charge on any atom is 0.257 e. The molecule has 0 spiro atoms. The van der Waals surface area contributed by atoms with E-state index >= 15 is 0 Å². The number of hydrogen-bond acceptors (Lipinski definition) is 6. The molecule has 2 aromatic carbocycles. The van der Waals surface area contributed by atoms with Crippen molar-refractivity contribution >= 4 is 5.91 Å². The Balaban J connectivity index is 1.58.